The van der Waals surface area contributed by atoms with Gasteiger partial charge in [-0.3, -0.25) is 0 Å². The molecule has 18 heavy (non-hydrogen) atoms. The fourth-order valence-electron chi connectivity index (χ4n) is 1.69. The number of hydrogen-bond donors (Lipinski definition) is 0. The standard InChI is InChI=1S/C14H8F3N/c1-8-2-3-10(12(15)4-8)9-5-13(16)11(7-18)14(17)6-9/h2-6H,1H3. The second kappa shape index (κ2) is 4.53. The zero-order chi connectivity index (χ0) is 13.3. The summed E-state index contributed by atoms with van der Waals surface area (Å²) in [6.45, 7) is 1.72. The van der Waals surface area contributed by atoms with Gasteiger partial charge in [-0.05, 0) is 36.2 Å². The van der Waals surface area contributed by atoms with Crippen molar-refractivity contribution in [1.82, 2.24) is 0 Å². The minimum absolute atomic E-state index is 0.0708. The van der Waals surface area contributed by atoms with E-state index < -0.39 is 23.0 Å². The maximum atomic E-state index is 13.7. The van der Waals surface area contributed by atoms with Gasteiger partial charge in [0.05, 0.1) is 0 Å². The van der Waals surface area contributed by atoms with Gasteiger partial charge >= 0.3 is 0 Å². The van der Waals surface area contributed by atoms with E-state index in [0.717, 1.165) is 12.1 Å². The molecule has 1 nitrogen and oxygen atoms in total. The van der Waals surface area contributed by atoms with Crippen molar-refractivity contribution in [2.45, 2.75) is 6.92 Å². The Morgan fingerprint density at radius 3 is 2.06 bits per heavy atom. The molecule has 0 aromatic heterocycles. The van der Waals surface area contributed by atoms with Crippen LogP contribution in [0.25, 0.3) is 11.1 Å². The molecule has 2 aromatic rings. The van der Waals surface area contributed by atoms with E-state index in [1.54, 1.807) is 13.0 Å². The summed E-state index contributed by atoms with van der Waals surface area (Å²) in [5.41, 5.74) is 0.224. The minimum atomic E-state index is -0.993. The van der Waals surface area contributed by atoms with E-state index in [1.165, 1.54) is 18.2 Å². The summed E-state index contributed by atoms with van der Waals surface area (Å²) >= 11 is 0. The van der Waals surface area contributed by atoms with Crippen LogP contribution in [0, 0.1) is 35.7 Å². The Bertz CT molecular complexity index is 634. The molecule has 4 heteroatoms. The lowest BCUT2D eigenvalue weighted by molar-refractivity contribution is 0.577. The smallest absolute Gasteiger partial charge is 0.144 e. The Morgan fingerprint density at radius 2 is 1.56 bits per heavy atom. The largest absolute Gasteiger partial charge is 0.206 e. The SMILES string of the molecule is Cc1ccc(-c2cc(F)c(C#N)c(F)c2)c(F)c1. The summed E-state index contributed by atoms with van der Waals surface area (Å²) in [6.07, 6.45) is 0. The van der Waals surface area contributed by atoms with Gasteiger partial charge in [-0.25, -0.2) is 13.2 Å². The molecule has 0 aliphatic rings. The first-order valence-corrected chi connectivity index (χ1v) is 5.18. The van der Waals surface area contributed by atoms with E-state index in [2.05, 4.69) is 0 Å². The molecule has 0 saturated carbocycles. The molecule has 0 unspecified atom stereocenters. The summed E-state index contributed by atoms with van der Waals surface area (Å²) in [6, 6.07) is 7.71. The average molecular weight is 247 g/mol. The Morgan fingerprint density at radius 1 is 0.944 bits per heavy atom. The summed E-state index contributed by atoms with van der Waals surface area (Å²) in [5.74, 6) is -2.54. The molecule has 0 bridgehead atoms. The van der Waals surface area contributed by atoms with Gasteiger partial charge in [-0.2, -0.15) is 5.26 Å². The molecule has 0 aliphatic carbocycles. The fourth-order valence-corrected chi connectivity index (χ4v) is 1.69. The van der Waals surface area contributed by atoms with Gasteiger partial charge in [0, 0.05) is 5.56 Å². The summed E-state index contributed by atoms with van der Waals surface area (Å²) < 4.78 is 40.5. The van der Waals surface area contributed by atoms with E-state index in [4.69, 9.17) is 5.26 Å². The molecule has 0 fully saturated rings. The van der Waals surface area contributed by atoms with E-state index in [0.29, 0.717) is 5.56 Å². The topological polar surface area (TPSA) is 23.8 Å². The van der Waals surface area contributed by atoms with Gasteiger partial charge in [-0.15, -0.1) is 0 Å². The van der Waals surface area contributed by atoms with Crippen LogP contribution >= 0.6 is 0 Å². The van der Waals surface area contributed by atoms with Crippen LogP contribution in [0.3, 0.4) is 0 Å². The van der Waals surface area contributed by atoms with Crippen molar-refractivity contribution in [3.8, 4) is 17.2 Å². The predicted molar refractivity (Wildman–Crippen MR) is 61.2 cm³/mol. The molecule has 2 rings (SSSR count). The van der Waals surface area contributed by atoms with Crippen LogP contribution in [0.5, 0.6) is 0 Å². The Kier molecular flexibility index (Phi) is 3.07. The van der Waals surface area contributed by atoms with Gasteiger partial charge in [0.15, 0.2) is 0 Å². The van der Waals surface area contributed by atoms with Crippen LogP contribution in [0.4, 0.5) is 13.2 Å². The molecule has 0 atom stereocenters. The van der Waals surface area contributed by atoms with Crippen molar-refractivity contribution in [3.63, 3.8) is 0 Å². The molecule has 90 valence electrons. The third kappa shape index (κ3) is 2.07. The number of hydrogen-bond acceptors (Lipinski definition) is 1. The number of nitriles is 1. The van der Waals surface area contributed by atoms with E-state index in [1.807, 2.05) is 0 Å². The summed E-state index contributed by atoms with van der Waals surface area (Å²) in [4.78, 5) is 0. The van der Waals surface area contributed by atoms with Gasteiger partial charge in [-0.1, -0.05) is 12.1 Å². The molecule has 0 saturated heterocycles. The van der Waals surface area contributed by atoms with Crippen LogP contribution in [-0.2, 0) is 0 Å². The fraction of sp³-hybridized carbons (Fsp3) is 0.0714. The van der Waals surface area contributed by atoms with Gasteiger partial charge in [0.2, 0.25) is 0 Å². The highest BCUT2D eigenvalue weighted by Gasteiger charge is 2.13. The Hall–Kier alpha value is -2.28. The van der Waals surface area contributed by atoms with Crippen molar-refractivity contribution in [2.24, 2.45) is 0 Å². The average Bonchev–Trinajstić information content (AvgIpc) is 2.28. The zero-order valence-corrected chi connectivity index (χ0v) is 9.47. The lowest BCUT2D eigenvalue weighted by atomic mass is 10.0. The van der Waals surface area contributed by atoms with Crippen molar-refractivity contribution in [3.05, 3.63) is 58.9 Å². The van der Waals surface area contributed by atoms with Crippen LogP contribution in [0.2, 0.25) is 0 Å². The van der Waals surface area contributed by atoms with Gasteiger partial charge < -0.3 is 0 Å². The maximum Gasteiger partial charge on any atom is 0.144 e. The lowest BCUT2D eigenvalue weighted by Crippen LogP contribution is -1.93. The predicted octanol–water partition coefficient (Wildman–Crippen LogP) is 3.95. The van der Waals surface area contributed by atoms with Crippen LogP contribution in [0.1, 0.15) is 11.1 Å². The molecule has 0 radical (unpaired) electrons. The molecule has 0 aliphatic heterocycles. The molecule has 0 heterocycles. The van der Waals surface area contributed by atoms with Crippen molar-refractivity contribution in [2.75, 3.05) is 0 Å². The first kappa shape index (κ1) is 12.2. The van der Waals surface area contributed by atoms with Crippen molar-refractivity contribution >= 4 is 0 Å². The third-order valence-electron chi connectivity index (χ3n) is 2.59. The number of nitrogens with zero attached hydrogens (tertiary/aromatic N) is 1. The summed E-state index contributed by atoms with van der Waals surface area (Å²) in [7, 11) is 0. The number of benzene rings is 2. The van der Waals surface area contributed by atoms with Crippen molar-refractivity contribution < 1.29 is 13.2 Å². The second-order valence-electron chi connectivity index (χ2n) is 3.91. The van der Waals surface area contributed by atoms with Crippen LogP contribution < -0.4 is 0 Å². The lowest BCUT2D eigenvalue weighted by Gasteiger charge is -2.06. The normalized spacial score (nSPS) is 10.2. The molecule has 0 N–H and O–H groups in total. The maximum absolute atomic E-state index is 13.7. The molecule has 2 aromatic carbocycles. The van der Waals surface area contributed by atoms with E-state index >= 15 is 0 Å². The highest BCUT2D eigenvalue weighted by molar-refractivity contribution is 5.65. The highest BCUT2D eigenvalue weighted by atomic mass is 19.1. The molecular formula is C14H8F3N. The van der Waals surface area contributed by atoms with Gasteiger partial charge in [0.25, 0.3) is 0 Å². The minimum Gasteiger partial charge on any atom is -0.206 e. The van der Waals surface area contributed by atoms with Crippen LogP contribution in [-0.4, -0.2) is 0 Å². The third-order valence-corrected chi connectivity index (χ3v) is 2.59. The molecule has 0 amide bonds. The van der Waals surface area contributed by atoms with Crippen LogP contribution in [0.15, 0.2) is 30.3 Å². The Balaban J connectivity index is 2.63. The number of halogens is 3. The molecular weight excluding hydrogens is 239 g/mol. The Labute approximate surface area is 102 Å². The molecule has 0 spiro atoms. The van der Waals surface area contributed by atoms with E-state index in [-0.39, 0.29) is 11.1 Å². The van der Waals surface area contributed by atoms with Crippen molar-refractivity contribution in [1.29, 1.82) is 5.26 Å². The monoisotopic (exact) mass is 247 g/mol. The number of aryl methyl sites for hydroxylation is 1. The van der Waals surface area contributed by atoms with Gasteiger partial charge in [0.1, 0.15) is 29.1 Å². The zero-order valence-electron chi connectivity index (χ0n) is 9.47. The first-order valence-electron chi connectivity index (χ1n) is 5.18. The summed E-state index contributed by atoms with van der Waals surface area (Å²) in [5, 5.41) is 8.55. The highest BCUT2D eigenvalue weighted by Crippen LogP contribution is 2.26. The second-order valence-corrected chi connectivity index (χ2v) is 3.91. The quantitative estimate of drug-likeness (QED) is 0.748. The van der Waals surface area contributed by atoms with E-state index in [9.17, 15) is 13.2 Å². The first-order chi connectivity index (χ1) is 8.52. The number of rotatable bonds is 1.